The number of ether oxygens (including phenoxy) is 2. The molecular weight excluding hydrogens is 232 g/mol. The first-order valence-electron chi connectivity index (χ1n) is 6.01. The van der Waals surface area contributed by atoms with E-state index in [1.54, 1.807) is 7.11 Å². The molecule has 0 saturated carbocycles. The molecule has 6 nitrogen and oxygen atoms in total. The van der Waals surface area contributed by atoms with Crippen molar-refractivity contribution in [1.82, 2.24) is 9.97 Å². The highest BCUT2D eigenvalue weighted by molar-refractivity contribution is 5.41. The molecule has 0 aromatic carbocycles. The summed E-state index contributed by atoms with van der Waals surface area (Å²) in [6.45, 7) is 5.54. The Balaban J connectivity index is 2.74. The van der Waals surface area contributed by atoms with Crippen molar-refractivity contribution >= 4 is 5.82 Å². The van der Waals surface area contributed by atoms with Gasteiger partial charge in [-0.3, -0.25) is 0 Å². The summed E-state index contributed by atoms with van der Waals surface area (Å²) >= 11 is 0. The maximum atomic E-state index is 5.92. The van der Waals surface area contributed by atoms with E-state index in [4.69, 9.17) is 15.2 Å². The smallest absolute Gasteiger partial charge is 0.218 e. The summed E-state index contributed by atoms with van der Waals surface area (Å²) in [5.74, 6) is 2.08. The minimum Gasteiger partial charge on any atom is -0.478 e. The van der Waals surface area contributed by atoms with Crippen LogP contribution in [0, 0.1) is 6.92 Å². The molecule has 1 aromatic rings. The minimum absolute atomic E-state index is 0.0502. The largest absolute Gasteiger partial charge is 0.478 e. The van der Waals surface area contributed by atoms with Crippen LogP contribution in [-0.4, -0.2) is 49.9 Å². The summed E-state index contributed by atoms with van der Waals surface area (Å²) in [7, 11) is 3.58. The Kier molecular flexibility index (Phi) is 5.80. The summed E-state index contributed by atoms with van der Waals surface area (Å²) in [5.41, 5.74) is 5.92. The second-order valence-electron chi connectivity index (χ2n) is 4.14. The van der Waals surface area contributed by atoms with Crippen LogP contribution in [0.15, 0.2) is 6.07 Å². The predicted octanol–water partition coefficient (Wildman–Crippen LogP) is 0.594. The Morgan fingerprint density at radius 3 is 2.78 bits per heavy atom. The quantitative estimate of drug-likeness (QED) is 0.768. The third kappa shape index (κ3) is 4.46. The average molecular weight is 254 g/mol. The van der Waals surface area contributed by atoms with E-state index in [2.05, 4.69) is 9.97 Å². The first-order chi connectivity index (χ1) is 8.56. The highest BCUT2D eigenvalue weighted by Crippen LogP contribution is 2.16. The predicted molar refractivity (Wildman–Crippen MR) is 71.1 cm³/mol. The van der Waals surface area contributed by atoms with Gasteiger partial charge in [0.2, 0.25) is 5.88 Å². The molecule has 1 heterocycles. The molecule has 2 N–H and O–H groups in total. The van der Waals surface area contributed by atoms with Gasteiger partial charge in [-0.2, -0.15) is 4.98 Å². The number of anilines is 1. The molecule has 0 aliphatic carbocycles. The molecule has 0 fully saturated rings. The van der Waals surface area contributed by atoms with Crippen molar-refractivity contribution in [3.63, 3.8) is 0 Å². The zero-order chi connectivity index (χ0) is 13.5. The average Bonchev–Trinajstić information content (AvgIpc) is 2.28. The molecule has 6 heteroatoms. The topological polar surface area (TPSA) is 73.5 Å². The molecule has 1 aromatic heterocycles. The molecule has 0 amide bonds. The van der Waals surface area contributed by atoms with E-state index in [0.717, 1.165) is 5.82 Å². The molecule has 0 aliphatic heterocycles. The van der Waals surface area contributed by atoms with Crippen LogP contribution in [0.3, 0.4) is 0 Å². The highest BCUT2D eigenvalue weighted by atomic mass is 16.5. The van der Waals surface area contributed by atoms with Gasteiger partial charge >= 0.3 is 0 Å². The van der Waals surface area contributed by atoms with Gasteiger partial charge in [-0.1, -0.05) is 0 Å². The lowest BCUT2D eigenvalue weighted by Gasteiger charge is -2.22. The van der Waals surface area contributed by atoms with Crippen LogP contribution in [0.5, 0.6) is 5.88 Å². The molecular formula is C12H22N4O2. The Bertz CT molecular complexity index is 373. The lowest BCUT2D eigenvalue weighted by atomic mass is 10.3. The van der Waals surface area contributed by atoms with Crippen LogP contribution in [-0.2, 0) is 4.74 Å². The van der Waals surface area contributed by atoms with Crippen molar-refractivity contribution in [3.05, 3.63) is 11.9 Å². The van der Waals surface area contributed by atoms with Gasteiger partial charge in [-0.25, -0.2) is 4.98 Å². The molecule has 1 atom stereocenters. The number of likely N-dealkylation sites (N-methyl/N-ethyl adjacent to an activating group) is 1. The number of aryl methyl sites for hydroxylation is 1. The second kappa shape index (κ2) is 7.13. The summed E-state index contributed by atoms with van der Waals surface area (Å²) in [5, 5.41) is 0. The monoisotopic (exact) mass is 254 g/mol. The Morgan fingerprint density at radius 2 is 2.17 bits per heavy atom. The maximum Gasteiger partial charge on any atom is 0.218 e. The molecule has 0 radical (unpaired) electrons. The van der Waals surface area contributed by atoms with Crippen molar-refractivity contribution in [2.24, 2.45) is 5.73 Å². The van der Waals surface area contributed by atoms with Gasteiger partial charge in [0.25, 0.3) is 0 Å². The van der Waals surface area contributed by atoms with E-state index < -0.39 is 0 Å². The first-order valence-corrected chi connectivity index (χ1v) is 6.01. The Morgan fingerprint density at radius 1 is 1.44 bits per heavy atom. The zero-order valence-electron chi connectivity index (χ0n) is 11.5. The van der Waals surface area contributed by atoms with Crippen molar-refractivity contribution in [3.8, 4) is 5.88 Å². The van der Waals surface area contributed by atoms with Gasteiger partial charge in [0, 0.05) is 32.8 Å². The third-order valence-electron chi connectivity index (χ3n) is 2.37. The van der Waals surface area contributed by atoms with E-state index in [1.807, 2.05) is 31.9 Å². The highest BCUT2D eigenvalue weighted by Gasteiger charge is 2.11. The van der Waals surface area contributed by atoms with E-state index in [-0.39, 0.29) is 6.04 Å². The summed E-state index contributed by atoms with van der Waals surface area (Å²) < 4.78 is 10.4. The fourth-order valence-corrected chi connectivity index (χ4v) is 1.65. The molecule has 0 aliphatic rings. The molecule has 102 valence electrons. The number of methoxy groups -OCH3 is 1. The number of hydrogen-bond acceptors (Lipinski definition) is 6. The van der Waals surface area contributed by atoms with Crippen LogP contribution >= 0.6 is 0 Å². The van der Waals surface area contributed by atoms with Crippen LogP contribution in [0.2, 0.25) is 0 Å². The van der Waals surface area contributed by atoms with Gasteiger partial charge in [-0.15, -0.1) is 0 Å². The summed E-state index contributed by atoms with van der Waals surface area (Å²) in [6.07, 6.45) is 0. The maximum absolute atomic E-state index is 5.92. The number of nitrogens with zero attached hydrogens (tertiary/aromatic N) is 3. The lowest BCUT2D eigenvalue weighted by Crippen LogP contribution is -2.38. The van der Waals surface area contributed by atoms with E-state index in [0.29, 0.717) is 31.5 Å². The number of nitrogens with two attached hydrogens (primary N) is 1. The fourth-order valence-electron chi connectivity index (χ4n) is 1.65. The van der Waals surface area contributed by atoms with Crippen molar-refractivity contribution in [2.75, 3.05) is 38.8 Å². The number of hydrogen-bond donors (Lipinski definition) is 1. The fraction of sp³-hybridized carbons (Fsp3) is 0.667. The van der Waals surface area contributed by atoms with E-state index in [1.165, 1.54) is 0 Å². The summed E-state index contributed by atoms with van der Waals surface area (Å²) in [4.78, 5) is 10.5. The zero-order valence-corrected chi connectivity index (χ0v) is 11.5. The number of aromatic nitrogens is 2. The molecule has 1 rings (SSSR count). The van der Waals surface area contributed by atoms with Gasteiger partial charge in [0.15, 0.2) is 0 Å². The number of rotatable bonds is 7. The van der Waals surface area contributed by atoms with Crippen molar-refractivity contribution < 1.29 is 9.47 Å². The van der Waals surface area contributed by atoms with Crippen LogP contribution in [0.1, 0.15) is 12.7 Å². The van der Waals surface area contributed by atoms with Gasteiger partial charge < -0.3 is 20.1 Å². The lowest BCUT2D eigenvalue weighted by molar-refractivity contribution is 0.181. The van der Waals surface area contributed by atoms with E-state index in [9.17, 15) is 0 Å². The Labute approximate surface area is 108 Å². The van der Waals surface area contributed by atoms with Gasteiger partial charge in [0.1, 0.15) is 11.6 Å². The standard InChI is InChI=1S/C12H22N4O2/c1-5-18-12-6-11(14-9(2)15-12)16(3)7-10(13)8-17-4/h6,10H,5,7-8,13H2,1-4H3. The van der Waals surface area contributed by atoms with Gasteiger partial charge in [0.05, 0.1) is 13.2 Å². The second-order valence-corrected chi connectivity index (χ2v) is 4.14. The molecule has 18 heavy (non-hydrogen) atoms. The SMILES string of the molecule is CCOc1cc(N(C)CC(N)COC)nc(C)n1. The van der Waals surface area contributed by atoms with Crippen molar-refractivity contribution in [2.45, 2.75) is 19.9 Å². The third-order valence-corrected chi connectivity index (χ3v) is 2.37. The molecule has 0 bridgehead atoms. The van der Waals surface area contributed by atoms with Gasteiger partial charge in [-0.05, 0) is 13.8 Å². The first kappa shape index (κ1) is 14.7. The van der Waals surface area contributed by atoms with Crippen LogP contribution < -0.4 is 15.4 Å². The van der Waals surface area contributed by atoms with E-state index >= 15 is 0 Å². The molecule has 0 spiro atoms. The van der Waals surface area contributed by atoms with Crippen molar-refractivity contribution in [1.29, 1.82) is 0 Å². The molecule has 0 saturated heterocycles. The Hall–Kier alpha value is -1.40. The van der Waals surface area contributed by atoms with Crippen LogP contribution in [0.25, 0.3) is 0 Å². The summed E-state index contributed by atoms with van der Waals surface area (Å²) in [6, 6.07) is 1.77. The molecule has 1 unspecified atom stereocenters. The normalized spacial score (nSPS) is 12.3. The van der Waals surface area contributed by atoms with Crippen LogP contribution in [0.4, 0.5) is 5.82 Å². The minimum atomic E-state index is -0.0502.